The van der Waals surface area contributed by atoms with Crippen molar-refractivity contribution in [3.05, 3.63) is 35.4 Å². The molecule has 19 heavy (non-hydrogen) atoms. The van der Waals surface area contributed by atoms with Crippen molar-refractivity contribution >= 4 is 0 Å². The van der Waals surface area contributed by atoms with E-state index in [9.17, 15) is 13.9 Å². The van der Waals surface area contributed by atoms with Gasteiger partial charge in [0.1, 0.15) is 0 Å². The lowest BCUT2D eigenvalue weighted by Gasteiger charge is -2.19. The Labute approximate surface area is 114 Å². The molecule has 1 aromatic rings. The lowest BCUT2D eigenvalue weighted by atomic mass is 9.90. The van der Waals surface area contributed by atoms with Crippen LogP contribution in [0.25, 0.3) is 0 Å². The number of rotatable bonds is 8. The van der Waals surface area contributed by atoms with E-state index >= 15 is 0 Å². The monoisotopic (exact) mass is 270 g/mol. The summed E-state index contributed by atoms with van der Waals surface area (Å²) < 4.78 is 24.9. The molecule has 2 atom stereocenters. The second-order valence-corrected chi connectivity index (χ2v) is 5.14. The molecule has 0 spiro atoms. The van der Waals surface area contributed by atoms with E-state index in [2.05, 4.69) is 13.8 Å². The highest BCUT2D eigenvalue weighted by Gasteiger charge is 2.15. The first-order chi connectivity index (χ1) is 9.08. The lowest BCUT2D eigenvalue weighted by Crippen LogP contribution is -2.07. The van der Waals surface area contributed by atoms with Crippen LogP contribution in [0, 0.1) is 5.92 Å². The van der Waals surface area contributed by atoms with Crippen LogP contribution < -0.4 is 0 Å². The number of aliphatic hydroxyl groups is 1. The van der Waals surface area contributed by atoms with Gasteiger partial charge in [-0.3, -0.25) is 0 Å². The maximum atomic E-state index is 12.4. The predicted molar refractivity (Wildman–Crippen MR) is 74.3 cm³/mol. The van der Waals surface area contributed by atoms with E-state index in [4.69, 9.17) is 0 Å². The lowest BCUT2D eigenvalue weighted by molar-refractivity contribution is 0.138. The van der Waals surface area contributed by atoms with Gasteiger partial charge in [-0.15, -0.1) is 0 Å². The van der Waals surface area contributed by atoms with Crippen LogP contribution in [0.3, 0.4) is 0 Å². The second-order valence-electron chi connectivity index (χ2n) is 5.14. The molecule has 0 aromatic heterocycles. The van der Waals surface area contributed by atoms with Gasteiger partial charge in [0.25, 0.3) is 6.43 Å². The van der Waals surface area contributed by atoms with Crippen molar-refractivity contribution in [3.8, 4) is 0 Å². The number of alkyl halides is 2. The Morgan fingerprint density at radius 3 is 2.11 bits per heavy atom. The maximum absolute atomic E-state index is 12.4. The molecule has 1 nitrogen and oxygen atoms in total. The molecule has 0 saturated carbocycles. The Morgan fingerprint density at radius 1 is 1.05 bits per heavy atom. The van der Waals surface area contributed by atoms with Gasteiger partial charge in [-0.05, 0) is 17.9 Å². The fraction of sp³-hybridized carbons (Fsp3) is 0.625. The predicted octanol–water partition coefficient (Wildman–Crippen LogP) is 5.26. The van der Waals surface area contributed by atoms with E-state index in [1.165, 1.54) is 18.6 Å². The fourth-order valence-electron chi connectivity index (χ4n) is 2.30. The van der Waals surface area contributed by atoms with E-state index in [1.54, 1.807) is 12.1 Å². The van der Waals surface area contributed by atoms with Gasteiger partial charge < -0.3 is 5.11 Å². The van der Waals surface area contributed by atoms with Crippen molar-refractivity contribution in [2.45, 2.75) is 58.5 Å². The van der Waals surface area contributed by atoms with Crippen LogP contribution >= 0.6 is 0 Å². The molecule has 0 aliphatic rings. The van der Waals surface area contributed by atoms with Crippen molar-refractivity contribution in [2.75, 3.05) is 0 Å². The van der Waals surface area contributed by atoms with Crippen LogP contribution in [-0.4, -0.2) is 5.11 Å². The molecule has 1 rings (SSSR count). The Morgan fingerprint density at radius 2 is 1.63 bits per heavy atom. The molecule has 0 aliphatic heterocycles. The van der Waals surface area contributed by atoms with Crippen molar-refractivity contribution in [1.82, 2.24) is 0 Å². The van der Waals surface area contributed by atoms with Gasteiger partial charge >= 0.3 is 0 Å². The highest BCUT2D eigenvalue weighted by molar-refractivity contribution is 5.24. The summed E-state index contributed by atoms with van der Waals surface area (Å²) in [5, 5.41) is 10.2. The van der Waals surface area contributed by atoms with E-state index in [1.807, 2.05) is 0 Å². The first-order valence-electron chi connectivity index (χ1n) is 7.14. The average Bonchev–Trinajstić information content (AvgIpc) is 2.43. The Balaban J connectivity index is 2.58. The molecule has 108 valence electrons. The highest BCUT2D eigenvalue weighted by atomic mass is 19.3. The zero-order valence-corrected chi connectivity index (χ0v) is 11.8. The number of unbranched alkanes of at least 4 members (excludes halogenated alkanes) is 1. The topological polar surface area (TPSA) is 20.2 Å². The minimum absolute atomic E-state index is 0.00831. The van der Waals surface area contributed by atoms with E-state index in [-0.39, 0.29) is 5.56 Å². The number of hydrogen-bond donors (Lipinski definition) is 1. The molecule has 2 unspecified atom stereocenters. The fourth-order valence-corrected chi connectivity index (χ4v) is 2.30. The van der Waals surface area contributed by atoms with E-state index in [0.29, 0.717) is 12.3 Å². The zero-order valence-electron chi connectivity index (χ0n) is 11.8. The summed E-state index contributed by atoms with van der Waals surface area (Å²) in [4.78, 5) is 0. The highest BCUT2D eigenvalue weighted by Crippen LogP contribution is 2.28. The molecular weight excluding hydrogens is 246 g/mol. The molecule has 1 N–H and O–H groups in total. The largest absolute Gasteiger partial charge is 0.388 e. The van der Waals surface area contributed by atoms with E-state index in [0.717, 1.165) is 24.8 Å². The normalized spacial score (nSPS) is 14.6. The zero-order chi connectivity index (χ0) is 14.3. The first kappa shape index (κ1) is 16.1. The van der Waals surface area contributed by atoms with Gasteiger partial charge in [0.05, 0.1) is 6.10 Å². The molecule has 0 aliphatic carbocycles. The van der Waals surface area contributed by atoms with Crippen LogP contribution in [0.2, 0.25) is 0 Å². The van der Waals surface area contributed by atoms with Crippen LogP contribution in [0.5, 0.6) is 0 Å². The van der Waals surface area contributed by atoms with Crippen LogP contribution in [0.4, 0.5) is 8.78 Å². The summed E-state index contributed by atoms with van der Waals surface area (Å²) in [5.74, 6) is 0.504. The Kier molecular flexibility index (Phi) is 7.00. The van der Waals surface area contributed by atoms with Gasteiger partial charge in [-0.25, -0.2) is 8.78 Å². The summed E-state index contributed by atoms with van der Waals surface area (Å²) in [6.45, 7) is 4.29. The molecule has 0 fully saturated rings. The van der Waals surface area contributed by atoms with Gasteiger partial charge in [0.2, 0.25) is 0 Å². The quantitative estimate of drug-likeness (QED) is 0.682. The smallest absolute Gasteiger partial charge is 0.263 e. The summed E-state index contributed by atoms with van der Waals surface area (Å²) >= 11 is 0. The molecule has 0 radical (unpaired) electrons. The van der Waals surface area contributed by atoms with Crippen molar-refractivity contribution in [1.29, 1.82) is 0 Å². The van der Waals surface area contributed by atoms with E-state index < -0.39 is 12.5 Å². The summed E-state index contributed by atoms with van der Waals surface area (Å²) in [6.07, 6.45) is 2.23. The minimum Gasteiger partial charge on any atom is -0.388 e. The summed E-state index contributed by atoms with van der Waals surface area (Å²) in [6, 6.07) is 6.02. The number of benzene rings is 1. The molecule has 0 saturated heterocycles. The summed E-state index contributed by atoms with van der Waals surface area (Å²) in [5.41, 5.74) is 0.744. The Hall–Kier alpha value is -0.960. The van der Waals surface area contributed by atoms with Crippen LogP contribution in [0.1, 0.15) is 69.6 Å². The molecule has 3 heteroatoms. The third-order valence-electron chi connectivity index (χ3n) is 3.67. The maximum Gasteiger partial charge on any atom is 0.263 e. The van der Waals surface area contributed by atoms with Gasteiger partial charge in [0, 0.05) is 5.56 Å². The van der Waals surface area contributed by atoms with Gasteiger partial charge in [0.15, 0.2) is 0 Å². The summed E-state index contributed by atoms with van der Waals surface area (Å²) in [7, 11) is 0. The standard InChI is InChI=1S/C16H24F2O/c1-3-5-6-12(4-2)11-15(19)13-7-9-14(10-8-13)16(17)18/h7-10,12,15-16,19H,3-6,11H2,1-2H3. The Bertz CT molecular complexity index is 348. The van der Waals surface area contributed by atoms with Crippen LogP contribution in [0.15, 0.2) is 24.3 Å². The van der Waals surface area contributed by atoms with Crippen molar-refractivity contribution in [2.24, 2.45) is 5.92 Å². The van der Waals surface area contributed by atoms with Gasteiger partial charge in [-0.1, -0.05) is 63.8 Å². The number of aliphatic hydroxyl groups excluding tert-OH is 1. The van der Waals surface area contributed by atoms with Crippen molar-refractivity contribution in [3.63, 3.8) is 0 Å². The first-order valence-corrected chi connectivity index (χ1v) is 7.14. The number of halogens is 2. The molecular formula is C16H24F2O. The molecule has 0 bridgehead atoms. The van der Waals surface area contributed by atoms with Crippen LogP contribution in [-0.2, 0) is 0 Å². The SMILES string of the molecule is CCCCC(CC)CC(O)c1ccc(C(F)F)cc1. The average molecular weight is 270 g/mol. The third kappa shape index (κ3) is 5.27. The van der Waals surface area contributed by atoms with Gasteiger partial charge in [-0.2, -0.15) is 0 Å². The minimum atomic E-state index is -2.45. The second kappa shape index (κ2) is 8.26. The molecule has 0 heterocycles. The number of hydrogen-bond acceptors (Lipinski definition) is 1. The van der Waals surface area contributed by atoms with Crippen molar-refractivity contribution < 1.29 is 13.9 Å². The molecule has 0 amide bonds. The third-order valence-corrected chi connectivity index (χ3v) is 3.67. The molecule has 1 aromatic carbocycles.